The molecule has 0 spiro atoms. The largest absolute Gasteiger partial charge is 0.497 e. The van der Waals surface area contributed by atoms with Crippen molar-refractivity contribution in [3.63, 3.8) is 0 Å². The first kappa shape index (κ1) is 26.0. The lowest BCUT2D eigenvalue weighted by molar-refractivity contribution is -0.118. The van der Waals surface area contributed by atoms with Crippen LogP contribution in [0, 0.1) is 0 Å². The summed E-state index contributed by atoms with van der Waals surface area (Å²) in [5.41, 5.74) is 4.20. The van der Waals surface area contributed by atoms with Crippen LogP contribution in [0.1, 0.15) is 35.6 Å². The van der Waals surface area contributed by atoms with Gasteiger partial charge >= 0.3 is 0 Å². The van der Waals surface area contributed by atoms with E-state index in [1.54, 1.807) is 20.4 Å². The minimum atomic E-state index is -0.645. The Morgan fingerprint density at radius 1 is 1.21 bits per heavy atom. The van der Waals surface area contributed by atoms with E-state index in [4.69, 9.17) is 14.2 Å². The zero-order chi connectivity index (χ0) is 26.5. The number of β-amino-alcohol motifs (C(OH)–C–C–N with tert-alkyl or cyclic N) is 1. The third kappa shape index (κ3) is 5.75. The minimum Gasteiger partial charge on any atom is -0.497 e. The van der Waals surface area contributed by atoms with Gasteiger partial charge in [-0.25, -0.2) is 0 Å². The number of ether oxygens (including phenoxy) is 3. The number of pyridine rings is 1. The number of carbonyl (C=O) groups excluding carboxylic acids is 1. The van der Waals surface area contributed by atoms with Crippen LogP contribution < -0.4 is 20.1 Å². The molecule has 3 heterocycles. The summed E-state index contributed by atoms with van der Waals surface area (Å²) in [4.78, 5) is 19.6. The van der Waals surface area contributed by atoms with Crippen LogP contribution in [0.15, 0.2) is 54.4 Å². The summed E-state index contributed by atoms with van der Waals surface area (Å²) in [6, 6.07) is 13.4. The molecule has 0 unspecified atom stereocenters. The SMILES string of the molecule is COCOc1cccc2c1CNC(C(=O)NC1CCN(C[C@H](O)c3ccnc4ccc(OC)cc34)CC1)=C2. The van der Waals surface area contributed by atoms with Crippen molar-refractivity contribution in [1.82, 2.24) is 20.5 Å². The maximum absolute atomic E-state index is 13.0. The van der Waals surface area contributed by atoms with E-state index in [9.17, 15) is 9.90 Å². The van der Waals surface area contributed by atoms with Crippen LogP contribution in [0.4, 0.5) is 0 Å². The fourth-order valence-electron chi connectivity index (χ4n) is 5.13. The van der Waals surface area contributed by atoms with E-state index in [0.717, 1.165) is 65.0 Å². The second kappa shape index (κ2) is 11.8. The third-order valence-electron chi connectivity index (χ3n) is 7.20. The lowest BCUT2D eigenvalue weighted by Crippen LogP contribution is -2.47. The quantitative estimate of drug-likeness (QED) is 0.372. The first-order valence-electron chi connectivity index (χ1n) is 12.9. The Hall–Kier alpha value is -3.66. The van der Waals surface area contributed by atoms with Crippen molar-refractivity contribution >= 4 is 22.9 Å². The van der Waals surface area contributed by atoms with Gasteiger partial charge in [0.1, 0.15) is 17.2 Å². The van der Waals surface area contributed by atoms with Gasteiger partial charge in [-0.3, -0.25) is 9.78 Å². The van der Waals surface area contributed by atoms with E-state index < -0.39 is 6.10 Å². The van der Waals surface area contributed by atoms with Crippen molar-refractivity contribution < 1.29 is 24.1 Å². The van der Waals surface area contributed by atoms with Crippen molar-refractivity contribution in [2.45, 2.75) is 31.5 Å². The van der Waals surface area contributed by atoms with Crippen molar-refractivity contribution in [3.05, 3.63) is 71.0 Å². The zero-order valence-corrected chi connectivity index (χ0v) is 21.8. The van der Waals surface area contributed by atoms with Crippen LogP contribution in [0.3, 0.4) is 0 Å². The van der Waals surface area contributed by atoms with Gasteiger partial charge in [-0.2, -0.15) is 0 Å². The first-order valence-corrected chi connectivity index (χ1v) is 12.9. The number of hydrogen-bond acceptors (Lipinski definition) is 8. The number of nitrogens with one attached hydrogen (secondary N) is 2. The van der Waals surface area contributed by atoms with E-state index in [0.29, 0.717) is 18.8 Å². The Labute approximate surface area is 222 Å². The summed E-state index contributed by atoms with van der Waals surface area (Å²) in [7, 11) is 3.22. The molecule has 0 radical (unpaired) electrons. The number of carbonyl (C=O) groups is 1. The van der Waals surface area contributed by atoms with Crippen LogP contribution in [0.5, 0.6) is 11.5 Å². The Balaban J connectivity index is 1.16. The number of rotatable bonds is 9. The highest BCUT2D eigenvalue weighted by Crippen LogP contribution is 2.29. The summed E-state index contributed by atoms with van der Waals surface area (Å²) in [6.07, 6.45) is 4.60. The number of fused-ring (bicyclic) bond motifs is 2. The fraction of sp³-hybridized carbons (Fsp3) is 0.379. The average molecular weight is 519 g/mol. The van der Waals surface area contributed by atoms with Gasteiger partial charge in [-0.05, 0) is 60.4 Å². The molecule has 1 amide bonds. The Morgan fingerprint density at radius 3 is 2.84 bits per heavy atom. The summed E-state index contributed by atoms with van der Waals surface area (Å²) in [5, 5.41) is 18.4. The number of nitrogens with zero attached hydrogens (tertiary/aromatic N) is 2. The number of aliphatic hydroxyl groups is 1. The molecule has 0 saturated carbocycles. The summed E-state index contributed by atoms with van der Waals surface area (Å²) < 4.78 is 16.0. The molecule has 5 rings (SSSR count). The molecule has 200 valence electrons. The number of piperidine rings is 1. The lowest BCUT2D eigenvalue weighted by atomic mass is 10.00. The van der Waals surface area contributed by atoms with Crippen molar-refractivity contribution in [3.8, 4) is 11.5 Å². The molecular formula is C29H34N4O5. The highest BCUT2D eigenvalue weighted by atomic mass is 16.7. The number of benzene rings is 2. The molecule has 0 aliphatic carbocycles. The van der Waals surface area contributed by atoms with Gasteiger partial charge in [-0.15, -0.1) is 0 Å². The number of methoxy groups -OCH3 is 2. The summed E-state index contributed by atoms with van der Waals surface area (Å²) in [6.45, 7) is 2.80. The predicted octanol–water partition coefficient (Wildman–Crippen LogP) is 2.98. The van der Waals surface area contributed by atoms with Crippen LogP contribution in [-0.2, 0) is 16.1 Å². The Morgan fingerprint density at radius 2 is 2.05 bits per heavy atom. The van der Waals surface area contributed by atoms with Crippen molar-refractivity contribution in [1.29, 1.82) is 0 Å². The second-order valence-electron chi connectivity index (χ2n) is 9.63. The van der Waals surface area contributed by atoms with Gasteiger partial charge in [0, 0.05) is 56.5 Å². The van der Waals surface area contributed by atoms with Gasteiger partial charge in [0.05, 0.1) is 18.7 Å². The zero-order valence-electron chi connectivity index (χ0n) is 21.8. The molecule has 9 heteroatoms. The van der Waals surface area contributed by atoms with Crippen LogP contribution in [0.2, 0.25) is 0 Å². The molecule has 1 atom stereocenters. The molecule has 0 bridgehead atoms. The first-order chi connectivity index (χ1) is 18.6. The highest BCUT2D eigenvalue weighted by molar-refractivity contribution is 5.98. The van der Waals surface area contributed by atoms with Crippen LogP contribution in [0.25, 0.3) is 17.0 Å². The predicted molar refractivity (Wildman–Crippen MR) is 145 cm³/mol. The molecule has 1 saturated heterocycles. The Kier molecular flexibility index (Phi) is 8.07. The maximum atomic E-state index is 13.0. The second-order valence-corrected chi connectivity index (χ2v) is 9.63. The number of amides is 1. The summed E-state index contributed by atoms with van der Waals surface area (Å²) in [5.74, 6) is 1.39. The molecule has 1 aromatic heterocycles. The van der Waals surface area contributed by atoms with Gasteiger partial charge in [0.15, 0.2) is 6.79 Å². The summed E-state index contributed by atoms with van der Waals surface area (Å²) >= 11 is 0. The molecule has 3 aromatic rings. The van der Waals surface area contributed by atoms with Crippen LogP contribution >= 0.6 is 0 Å². The molecular weight excluding hydrogens is 484 g/mol. The standard InChI is InChI=1S/C29H34N4O5/c1-36-18-38-28-5-3-4-19-14-26(31-16-24(19)28)29(35)32-20-9-12-33(13-10-20)17-27(34)22-8-11-30-25-7-6-21(37-2)15-23(22)25/h3-8,11,14-15,20,27,31,34H,9-10,12-13,16-18H2,1-2H3,(H,32,35)/t27-/m0/s1. The van der Waals surface area contributed by atoms with Crippen LogP contribution in [-0.4, -0.2) is 67.6 Å². The number of likely N-dealkylation sites (tertiary alicyclic amines) is 1. The normalized spacial score (nSPS) is 16.8. The van der Waals surface area contributed by atoms with Gasteiger partial charge in [0.25, 0.3) is 5.91 Å². The van der Waals surface area contributed by atoms with E-state index in [1.165, 1.54) is 0 Å². The molecule has 3 N–H and O–H groups in total. The molecule has 38 heavy (non-hydrogen) atoms. The van der Waals surface area contributed by atoms with Crippen molar-refractivity contribution in [2.24, 2.45) is 0 Å². The van der Waals surface area contributed by atoms with Gasteiger partial charge < -0.3 is 34.9 Å². The fourth-order valence-corrected chi connectivity index (χ4v) is 5.13. The van der Waals surface area contributed by atoms with E-state index in [1.807, 2.05) is 48.5 Å². The number of aliphatic hydroxyl groups excluding tert-OH is 1. The van der Waals surface area contributed by atoms with Gasteiger partial charge in [-0.1, -0.05) is 12.1 Å². The molecule has 2 aromatic carbocycles. The Bertz CT molecular complexity index is 1320. The molecule has 2 aliphatic heterocycles. The van der Waals surface area contributed by atoms with Crippen molar-refractivity contribution in [2.75, 3.05) is 40.6 Å². The molecule has 1 fully saturated rings. The third-order valence-corrected chi connectivity index (χ3v) is 7.20. The molecule has 9 nitrogen and oxygen atoms in total. The number of aromatic nitrogens is 1. The maximum Gasteiger partial charge on any atom is 0.267 e. The van der Waals surface area contributed by atoms with E-state index in [2.05, 4.69) is 20.5 Å². The number of hydrogen-bond donors (Lipinski definition) is 3. The monoisotopic (exact) mass is 518 g/mol. The van der Waals surface area contributed by atoms with Gasteiger partial charge in [0.2, 0.25) is 0 Å². The minimum absolute atomic E-state index is 0.0855. The smallest absolute Gasteiger partial charge is 0.267 e. The van der Waals surface area contributed by atoms with E-state index >= 15 is 0 Å². The molecule has 2 aliphatic rings. The topological polar surface area (TPSA) is 105 Å². The highest BCUT2D eigenvalue weighted by Gasteiger charge is 2.25. The lowest BCUT2D eigenvalue weighted by Gasteiger charge is -2.34. The van der Waals surface area contributed by atoms with E-state index in [-0.39, 0.29) is 18.7 Å². The average Bonchev–Trinajstić information content (AvgIpc) is 2.96.